The zero-order valence-electron chi connectivity index (χ0n) is 32.2. The van der Waals surface area contributed by atoms with Crippen LogP contribution in [0.2, 0.25) is 0 Å². The molecule has 0 aliphatic carbocycles. The van der Waals surface area contributed by atoms with Crippen LogP contribution < -0.4 is 10.6 Å². The van der Waals surface area contributed by atoms with Gasteiger partial charge in [-0.2, -0.15) is 0 Å². The number of ketones is 2. The first-order valence-electron chi connectivity index (χ1n) is 19.2. The van der Waals surface area contributed by atoms with Crippen molar-refractivity contribution in [1.82, 2.24) is 40.4 Å². The Kier molecular flexibility index (Phi) is 13.9. The van der Waals surface area contributed by atoms with Crippen LogP contribution in [0.5, 0.6) is 0 Å². The van der Waals surface area contributed by atoms with Gasteiger partial charge in [-0.1, -0.05) is 57.0 Å². The van der Waals surface area contributed by atoms with Crippen molar-refractivity contribution in [1.29, 1.82) is 0 Å². The zero-order chi connectivity index (χ0) is 40.4. The number of hydrogen-bond donors (Lipinski definition) is 2. The Morgan fingerprint density at radius 2 is 0.983 bits per heavy atom. The molecule has 59 heavy (non-hydrogen) atoms. The molecule has 0 unspecified atom stereocenters. The molecule has 0 spiro atoms. The van der Waals surface area contributed by atoms with Crippen molar-refractivity contribution >= 4 is 45.4 Å². The van der Waals surface area contributed by atoms with E-state index in [1.165, 1.54) is 12.2 Å². The van der Waals surface area contributed by atoms with Gasteiger partial charge in [0.05, 0.1) is 58.9 Å². The Morgan fingerprint density at radius 1 is 0.593 bits per heavy atom. The van der Waals surface area contributed by atoms with Crippen LogP contribution in [0.1, 0.15) is 29.7 Å². The quantitative estimate of drug-likeness (QED) is 0.148. The number of fused-ring (bicyclic) bond motifs is 2. The third-order valence-corrected chi connectivity index (χ3v) is 9.85. The van der Waals surface area contributed by atoms with Gasteiger partial charge < -0.3 is 10.6 Å². The van der Waals surface area contributed by atoms with Crippen molar-refractivity contribution in [2.24, 2.45) is 0 Å². The molecule has 0 bridgehead atoms. The van der Waals surface area contributed by atoms with Crippen LogP contribution in [-0.4, -0.2) is 92.4 Å². The van der Waals surface area contributed by atoms with Crippen molar-refractivity contribution in [3.8, 4) is 22.5 Å². The number of carbonyl (C=O) groups is 4. The summed E-state index contributed by atoms with van der Waals surface area (Å²) in [4.78, 5) is 70.0. The van der Waals surface area contributed by atoms with E-state index in [9.17, 15) is 19.2 Å². The molecule has 12 nitrogen and oxygen atoms in total. The summed E-state index contributed by atoms with van der Waals surface area (Å²) in [6.45, 7) is 12.1. The van der Waals surface area contributed by atoms with Crippen LogP contribution in [0.15, 0.2) is 123 Å². The van der Waals surface area contributed by atoms with Gasteiger partial charge in [0, 0.05) is 63.2 Å². The molecule has 2 aliphatic rings. The van der Waals surface area contributed by atoms with Crippen LogP contribution in [0, 0.1) is 0 Å². The lowest BCUT2D eigenvalue weighted by atomic mass is 9.99. The largest absolute Gasteiger partial charge is 0.354 e. The predicted molar refractivity (Wildman–Crippen MR) is 231 cm³/mol. The second-order valence-electron chi connectivity index (χ2n) is 14.4. The van der Waals surface area contributed by atoms with E-state index < -0.39 is 0 Å². The standard InChI is InChI=1S/2C23H22N4O2.CH4/c2*1-2-19(28)12-16-9-17(14-27-8-7-24-23(29)15-27)11-18(10-16)22-13-25-20-5-3-4-6-21(20)26-22;/h2*2-6,9-11,13H,1,7-8,12,14-15H2,(H,24,29);1H4. The SMILES string of the molecule is C.C=CC(=O)Cc1cc(CN2CCNC(=O)C2)cc(-c2cnc3ccccc3n2)c1.C=CC(=O)Cc1cc(CN2CCNC(=O)C2)cc(-c2cnc3ccccc3n2)c1. The highest BCUT2D eigenvalue weighted by Crippen LogP contribution is 2.26. The van der Waals surface area contributed by atoms with Gasteiger partial charge >= 0.3 is 0 Å². The monoisotopic (exact) mass is 788 g/mol. The van der Waals surface area contributed by atoms with E-state index in [0.29, 0.717) is 39.3 Å². The fourth-order valence-corrected chi connectivity index (χ4v) is 7.12. The summed E-state index contributed by atoms with van der Waals surface area (Å²) in [5.74, 6) is 0.00908. The Labute approximate surface area is 344 Å². The van der Waals surface area contributed by atoms with Crippen molar-refractivity contribution in [2.45, 2.75) is 33.4 Å². The summed E-state index contributed by atoms with van der Waals surface area (Å²) >= 11 is 0. The highest BCUT2D eigenvalue weighted by atomic mass is 16.2. The minimum Gasteiger partial charge on any atom is -0.354 e. The molecule has 4 aromatic carbocycles. The molecule has 2 aliphatic heterocycles. The lowest BCUT2D eigenvalue weighted by Gasteiger charge is -2.26. The number of nitrogens with zero attached hydrogens (tertiary/aromatic N) is 6. The fraction of sp³-hybridized carbons (Fsp3) is 0.234. The number of para-hydroxylation sites is 4. The van der Waals surface area contributed by atoms with Crippen molar-refractivity contribution in [2.75, 3.05) is 39.3 Å². The number of hydrogen-bond acceptors (Lipinski definition) is 10. The zero-order valence-corrected chi connectivity index (χ0v) is 32.2. The molecule has 2 fully saturated rings. The number of rotatable bonds is 12. The summed E-state index contributed by atoms with van der Waals surface area (Å²) < 4.78 is 0. The van der Waals surface area contributed by atoms with E-state index in [1.54, 1.807) is 12.4 Å². The molecule has 4 heterocycles. The van der Waals surface area contributed by atoms with Gasteiger partial charge in [0.1, 0.15) is 0 Å². The van der Waals surface area contributed by atoms with Crippen LogP contribution in [0.3, 0.4) is 0 Å². The van der Waals surface area contributed by atoms with E-state index in [1.807, 2.05) is 72.8 Å². The highest BCUT2D eigenvalue weighted by molar-refractivity contribution is 5.92. The topological polar surface area (TPSA) is 150 Å². The lowest BCUT2D eigenvalue weighted by Crippen LogP contribution is -2.47. The lowest BCUT2D eigenvalue weighted by molar-refractivity contribution is -0.125. The van der Waals surface area contributed by atoms with Crippen LogP contribution in [-0.2, 0) is 45.1 Å². The summed E-state index contributed by atoms with van der Waals surface area (Å²) in [7, 11) is 0. The summed E-state index contributed by atoms with van der Waals surface area (Å²) in [5.41, 5.74) is 10.6. The van der Waals surface area contributed by atoms with Crippen molar-refractivity contribution in [3.63, 3.8) is 0 Å². The molecule has 8 rings (SSSR count). The first kappa shape index (κ1) is 41.9. The molecule has 2 saturated heterocycles. The smallest absolute Gasteiger partial charge is 0.234 e. The normalized spacial score (nSPS) is 14.3. The molecular weight excluding hydrogens is 741 g/mol. The minimum atomic E-state index is -0.0324. The number of carbonyl (C=O) groups excluding carboxylic acids is 4. The van der Waals surface area contributed by atoms with E-state index in [4.69, 9.17) is 9.97 Å². The number of amides is 2. The van der Waals surface area contributed by atoms with Gasteiger partial charge in [-0.05, 0) is 82.9 Å². The molecule has 6 aromatic rings. The molecule has 2 amide bonds. The fourth-order valence-electron chi connectivity index (χ4n) is 7.12. The van der Waals surface area contributed by atoms with Crippen LogP contribution in [0.4, 0.5) is 0 Å². The van der Waals surface area contributed by atoms with Crippen LogP contribution in [0.25, 0.3) is 44.6 Å². The molecular formula is C47H48N8O4. The number of aromatic nitrogens is 4. The maximum atomic E-state index is 11.9. The first-order chi connectivity index (χ1) is 28.2. The Bertz CT molecular complexity index is 2360. The minimum absolute atomic E-state index is 0. The van der Waals surface area contributed by atoms with E-state index >= 15 is 0 Å². The second kappa shape index (κ2) is 19.6. The number of nitrogens with one attached hydrogen (secondary N) is 2. The average molecular weight is 789 g/mol. The molecule has 0 saturated carbocycles. The third-order valence-electron chi connectivity index (χ3n) is 9.85. The molecule has 2 aromatic heterocycles. The maximum absolute atomic E-state index is 11.9. The predicted octanol–water partition coefficient (Wildman–Crippen LogP) is 5.69. The average Bonchev–Trinajstić information content (AvgIpc) is 3.23. The molecule has 12 heteroatoms. The molecule has 0 atom stereocenters. The summed E-state index contributed by atoms with van der Waals surface area (Å²) in [6, 6.07) is 27.6. The van der Waals surface area contributed by atoms with Gasteiger partial charge in [-0.3, -0.25) is 38.9 Å². The Hall–Kier alpha value is -6.76. The number of allylic oxidation sites excluding steroid dienone is 2. The molecule has 2 N–H and O–H groups in total. The van der Waals surface area contributed by atoms with E-state index in [0.717, 1.165) is 79.9 Å². The van der Waals surface area contributed by atoms with Gasteiger partial charge in [-0.25, -0.2) is 9.97 Å². The second-order valence-corrected chi connectivity index (χ2v) is 14.4. The van der Waals surface area contributed by atoms with Gasteiger partial charge in [0.25, 0.3) is 0 Å². The van der Waals surface area contributed by atoms with E-state index in [-0.39, 0.29) is 43.6 Å². The Balaban J connectivity index is 0.000000195. The third kappa shape index (κ3) is 11.2. The molecule has 0 radical (unpaired) electrons. The number of benzene rings is 4. The molecule has 300 valence electrons. The highest BCUT2D eigenvalue weighted by Gasteiger charge is 2.19. The summed E-state index contributed by atoms with van der Waals surface area (Å²) in [6.07, 6.45) is 6.77. The van der Waals surface area contributed by atoms with E-state index in [2.05, 4.69) is 55.7 Å². The first-order valence-corrected chi connectivity index (χ1v) is 19.2. The van der Waals surface area contributed by atoms with Gasteiger partial charge in [0.2, 0.25) is 11.8 Å². The maximum Gasteiger partial charge on any atom is 0.234 e. The van der Waals surface area contributed by atoms with Gasteiger partial charge in [-0.15, -0.1) is 0 Å². The Morgan fingerprint density at radius 3 is 1.37 bits per heavy atom. The number of piperazine rings is 2. The van der Waals surface area contributed by atoms with Crippen molar-refractivity contribution < 1.29 is 19.2 Å². The van der Waals surface area contributed by atoms with Crippen LogP contribution >= 0.6 is 0 Å². The van der Waals surface area contributed by atoms with Crippen molar-refractivity contribution in [3.05, 3.63) is 145 Å². The summed E-state index contributed by atoms with van der Waals surface area (Å²) in [5, 5.41) is 5.68. The van der Waals surface area contributed by atoms with Gasteiger partial charge in [0.15, 0.2) is 11.6 Å².